The monoisotopic (exact) mass is 413 g/mol. The summed E-state index contributed by atoms with van der Waals surface area (Å²) < 4.78 is 10.2. The first-order valence-electron chi connectivity index (χ1n) is 9.12. The lowest BCUT2D eigenvalue weighted by Crippen LogP contribution is -2.39. The highest BCUT2D eigenvalue weighted by molar-refractivity contribution is 5.91. The summed E-state index contributed by atoms with van der Waals surface area (Å²) in [5.41, 5.74) is 1.10. The molecule has 1 aliphatic rings. The Labute approximate surface area is 171 Å². The van der Waals surface area contributed by atoms with E-state index in [1.54, 1.807) is 12.1 Å². The van der Waals surface area contributed by atoms with Crippen LogP contribution in [-0.2, 0) is 25.7 Å². The smallest absolute Gasteiger partial charge is 0.413 e. The van der Waals surface area contributed by atoms with Crippen molar-refractivity contribution in [2.45, 2.75) is 25.5 Å². The highest BCUT2D eigenvalue weighted by Gasteiger charge is 2.38. The van der Waals surface area contributed by atoms with Gasteiger partial charge in [-0.25, -0.2) is 9.59 Å². The topological polar surface area (TPSA) is 128 Å². The molecule has 1 fully saturated rings. The summed E-state index contributed by atoms with van der Waals surface area (Å²) in [7, 11) is 0. The van der Waals surface area contributed by atoms with Crippen LogP contribution in [0.5, 0.6) is 0 Å². The lowest BCUT2D eigenvalue weighted by molar-refractivity contribution is -0.384. The van der Waals surface area contributed by atoms with E-state index in [0.29, 0.717) is 5.69 Å². The van der Waals surface area contributed by atoms with E-state index in [0.717, 1.165) is 10.5 Å². The molecule has 2 amide bonds. The second-order valence-corrected chi connectivity index (χ2v) is 6.51. The standard InChI is InChI=1S/C20H19N3O7/c24-18(21-15-6-8-16(9-7-15)23(27)28)11-10-17-19(25)30-13-22(17)20(26)29-12-14-4-2-1-3-5-14/h1-9,17H,10-13H2,(H,21,24)/t17-/m0/s1. The van der Waals surface area contributed by atoms with Crippen molar-refractivity contribution in [2.24, 2.45) is 0 Å². The van der Waals surface area contributed by atoms with Gasteiger partial charge in [-0.1, -0.05) is 30.3 Å². The lowest BCUT2D eigenvalue weighted by atomic mass is 10.1. The van der Waals surface area contributed by atoms with Gasteiger partial charge in [-0.05, 0) is 24.1 Å². The van der Waals surface area contributed by atoms with Gasteiger partial charge in [0.05, 0.1) is 4.92 Å². The number of carbonyl (C=O) groups excluding carboxylic acids is 3. The van der Waals surface area contributed by atoms with Crippen molar-refractivity contribution in [1.29, 1.82) is 0 Å². The van der Waals surface area contributed by atoms with Crippen molar-refractivity contribution in [2.75, 3.05) is 12.0 Å². The van der Waals surface area contributed by atoms with Gasteiger partial charge < -0.3 is 14.8 Å². The number of nitrogens with zero attached hydrogens (tertiary/aromatic N) is 2. The molecule has 0 saturated carbocycles. The number of anilines is 1. The van der Waals surface area contributed by atoms with Crippen molar-refractivity contribution in [1.82, 2.24) is 4.90 Å². The molecule has 2 aromatic carbocycles. The molecular weight excluding hydrogens is 394 g/mol. The molecule has 30 heavy (non-hydrogen) atoms. The molecule has 1 atom stereocenters. The predicted molar refractivity (Wildman–Crippen MR) is 104 cm³/mol. The maximum Gasteiger partial charge on any atom is 0.413 e. The minimum absolute atomic E-state index is 0.0533. The van der Waals surface area contributed by atoms with Crippen LogP contribution in [-0.4, -0.2) is 40.6 Å². The van der Waals surface area contributed by atoms with E-state index in [-0.39, 0.29) is 31.9 Å². The molecular formula is C20H19N3O7. The number of hydrogen-bond acceptors (Lipinski definition) is 7. The van der Waals surface area contributed by atoms with E-state index in [4.69, 9.17) is 9.47 Å². The molecule has 10 nitrogen and oxygen atoms in total. The normalized spacial score (nSPS) is 15.4. The first-order chi connectivity index (χ1) is 14.4. The van der Waals surface area contributed by atoms with Crippen LogP contribution >= 0.6 is 0 Å². The minimum Gasteiger partial charge on any atom is -0.444 e. The van der Waals surface area contributed by atoms with Gasteiger partial charge in [0.1, 0.15) is 12.6 Å². The molecule has 0 aromatic heterocycles. The van der Waals surface area contributed by atoms with Gasteiger partial charge in [0.15, 0.2) is 6.73 Å². The molecule has 1 aliphatic heterocycles. The molecule has 1 heterocycles. The first kappa shape index (κ1) is 20.8. The molecule has 0 radical (unpaired) electrons. The minimum atomic E-state index is -0.920. The van der Waals surface area contributed by atoms with Crippen LogP contribution in [0, 0.1) is 10.1 Å². The number of nitro groups is 1. The Bertz CT molecular complexity index is 931. The van der Waals surface area contributed by atoms with Crippen LogP contribution in [0.2, 0.25) is 0 Å². The summed E-state index contributed by atoms with van der Waals surface area (Å²) in [5, 5.41) is 13.2. The quantitative estimate of drug-likeness (QED) is 0.420. The third-order valence-electron chi connectivity index (χ3n) is 4.44. The highest BCUT2D eigenvalue weighted by Crippen LogP contribution is 2.20. The summed E-state index contributed by atoms with van der Waals surface area (Å²) in [4.78, 5) is 47.7. The van der Waals surface area contributed by atoms with E-state index in [2.05, 4.69) is 5.32 Å². The maximum atomic E-state index is 12.3. The number of esters is 1. The first-order valence-corrected chi connectivity index (χ1v) is 9.12. The number of cyclic esters (lactones) is 1. The SMILES string of the molecule is O=C(CC[C@H]1C(=O)OCN1C(=O)OCc1ccccc1)Nc1ccc([N+](=O)[O-])cc1. The summed E-state index contributed by atoms with van der Waals surface area (Å²) in [5.74, 6) is -1.00. The summed E-state index contributed by atoms with van der Waals surface area (Å²) in [6.07, 6.45) is -0.706. The van der Waals surface area contributed by atoms with Gasteiger partial charge in [0, 0.05) is 24.2 Å². The molecule has 1 saturated heterocycles. The van der Waals surface area contributed by atoms with Crippen molar-refractivity contribution in [3.8, 4) is 0 Å². The molecule has 0 aliphatic carbocycles. The van der Waals surface area contributed by atoms with Gasteiger partial charge in [0.25, 0.3) is 5.69 Å². The molecule has 2 aromatic rings. The molecule has 0 unspecified atom stereocenters. The zero-order chi connectivity index (χ0) is 21.5. The van der Waals surface area contributed by atoms with Crippen LogP contribution in [0.15, 0.2) is 54.6 Å². The second-order valence-electron chi connectivity index (χ2n) is 6.51. The average Bonchev–Trinajstić information content (AvgIpc) is 3.12. The molecule has 0 spiro atoms. The van der Waals surface area contributed by atoms with Crippen LogP contribution in [0.4, 0.5) is 16.2 Å². The Morgan fingerprint density at radius 1 is 1.17 bits per heavy atom. The summed E-state index contributed by atoms with van der Waals surface area (Å²) in [6.45, 7) is -0.182. The van der Waals surface area contributed by atoms with Crippen LogP contribution in [0.25, 0.3) is 0 Å². The van der Waals surface area contributed by atoms with E-state index < -0.39 is 28.9 Å². The number of carbonyl (C=O) groups is 3. The number of amides is 2. The lowest BCUT2D eigenvalue weighted by Gasteiger charge is -2.19. The maximum absolute atomic E-state index is 12.3. The van der Waals surface area contributed by atoms with Gasteiger partial charge in [-0.2, -0.15) is 0 Å². The fourth-order valence-corrected chi connectivity index (χ4v) is 2.86. The number of non-ortho nitro benzene ring substituents is 1. The largest absolute Gasteiger partial charge is 0.444 e. The Morgan fingerprint density at radius 3 is 2.53 bits per heavy atom. The molecule has 0 bridgehead atoms. The predicted octanol–water partition coefficient (Wildman–Crippen LogP) is 2.84. The van der Waals surface area contributed by atoms with E-state index in [9.17, 15) is 24.5 Å². The Balaban J connectivity index is 1.50. The van der Waals surface area contributed by atoms with Crippen molar-refractivity contribution >= 4 is 29.3 Å². The molecule has 10 heteroatoms. The van der Waals surface area contributed by atoms with Crippen LogP contribution in [0.3, 0.4) is 0 Å². The number of benzene rings is 2. The van der Waals surface area contributed by atoms with Crippen molar-refractivity contribution in [3.05, 3.63) is 70.3 Å². The fourth-order valence-electron chi connectivity index (χ4n) is 2.86. The third-order valence-corrected chi connectivity index (χ3v) is 4.44. The molecule has 3 rings (SSSR count). The number of rotatable bonds is 7. The van der Waals surface area contributed by atoms with Crippen molar-refractivity contribution in [3.63, 3.8) is 0 Å². The fraction of sp³-hybridized carbons (Fsp3) is 0.250. The number of ether oxygens (including phenoxy) is 2. The van der Waals surface area contributed by atoms with E-state index in [1.165, 1.54) is 24.3 Å². The Morgan fingerprint density at radius 2 is 1.87 bits per heavy atom. The second kappa shape index (κ2) is 9.50. The molecule has 156 valence electrons. The number of hydrogen-bond donors (Lipinski definition) is 1. The molecule has 1 N–H and O–H groups in total. The summed E-state index contributed by atoms with van der Waals surface area (Å²) >= 11 is 0. The number of nitro benzene ring substituents is 1. The average molecular weight is 413 g/mol. The zero-order valence-electron chi connectivity index (χ0n) is 15.9. The highest BCUT2D eigenvalue weighted by atomic mass is 16.6. The van der Waals surface area contributed by atoms with Gasteiger partial charge >= 0.3 is 12.1 Å². The van der Waals surface area contributed by atoms with Gasteiger partial charge in [-0.3, -0.25) is 19.8 Å². The number of nitrogens with one attached hydrogen (secondary N) is 1. The van der Waals surface area contributed by atoms with Gasteiger partial charge in [-0.15, -0.1) is 0 Å². The van der Waals surface area contributed by atoms with Crippen molar-refractivity contribution < 1.29 is 28.8 Å². The Hall–Kier alpha value is -3.95. The van der Waals surface area contributed by atoms with Crippen LogP contribution < -0.4 is 5.32 Å². The zero-order valence-corrected chi connectivity index (χ0v) is 15.9. The van der Waals surface area contributed by atoms with E-state index >= 15 is 0 Å². The summed E-state index contributed by atoms with van der Waals surface area (Å²) in [6, 6.07) is 13.5. The third kappa shape index (κ3) is 5.31. The van der Waals surface area contributed by atoms with Crippen LogP contribution in [0.1, 0.15) is 18.4 Å². The van der Waals surface area contributed by atoms with Gasteiger partial charge in [0.2, 0.25) is 5.91 Å². The Kier molecular flexibility index (Phi) is 6.58. The van der Waals surface area contributed by atoms with E-state index in [1.807, 2.05) is 18.2 Å².